The van der Waals surface area contributed by atoms with Crippen molar-refractivity contribution in [1.82, 2.24) is 9.80 Å². The van der Waals surface area contributed by atoms with E-state index >= 15 is 0 Å². The maximum atomic E-state index is 13.6. The van der Waals surface area contributed by atoms with Crippen LogP contribution in [0.15, 0.2) is 60.3 Å². The van der Waals surface area contributed by atoms with E-state index in [0.29, 0.717) is 36.6 Å². The molecular weight excluding hydrogens is 402 g/mol. The predicted molar refractivity (Wildman–Crippen MR) is 126 cm³/mol. The number of aryl methyl sites for hydroxylation is 1. The smallest absolute Gasteiger partial charge is 0.282 e. The Hall–Kier alpha value is -2.96. The summed E-state index contributed by atoms with van der Waals surface area (Å²) in [5, 5.41) is 9.22. The number of aliphatic hydroxyl groups is 1. The highest BCUT2D eigenvalue weighted by molar-refractivity contribution is 6.45. The summed E-state index contributed by atoms with van der Waals surface area (Å²) in [7, 11) is 0. The fourth-order valence-electron chi connectivity index (χ4n) is 4.44. The van der Waals surface area contributed by atoms with Crippen LogP contribution in [0.5, 0.6) is 0 Å². The largest absolute Gasteiger partial charge is 0.395 e. The number of hydrogen-bond donors (Lipinski definition) is 1. The molecular formula is C26H31N3O3. The summed E-state index contributed by atoms with van der Waals surface area (Å²) >= 11 is 0. The summed E-state index contributed by atoms with van der Waals surface area (Å²) in [6, 6.07) is 17.3. The molecule has 0 spiro atoms. The number of amides is 2. The third kappa shape index (κ3) is 4.47. The summed E-state index contributed by atoms with van der Waals surface area (Å²) in [6.45, 7) is 5.71. The molecule has 0 aliphatic carbocycles. The number of imide groups is 1. The van der Waals surface area contributed by atoms with Crippen molar-refractivity contribution in [3.8, 4) is 0 Å². The van der Waals surface area contributed by atoms with Gasteiger partial charge in [-0.25, -0.2) is 4.90 Å². The van der Waals surface area contributed by atoms with Gasteiger partial charge in [0.15, 0.2) is 0 Å². The molecule has 32 heavy (non-hydrogen) atoms. The van der Waals surface area contributed by atoms with E-state index in [2.05, 4.69) is 11.8 Å². The Labute approximate surface area is 189 Å². The van der Waals surface area contributed by atoms with E-state index in [0.717, 1.165) is 37.9 Å². The lowest BCUT2D eigenvalue weighted by Crippen LogP contribution is -2.48. The van der Waals surface area contributed by atoms with Gasteiger partial charge in [-0.15, -0.1) is 0 Å². The van der Waals surface area contributed by atoms with E-state index in [-0.39, 0.29) is 18.4 Å². The Morgan fingerprint density at radius 1 is 0.875 bits per heavy atom. The van der Waals surface area contributed by atoms with Gasteiger partial charge < -0.3 is 10.0 Å². The number of anilines is 1. The molecule has 0 saturated carbocycles. The summed E-state index contributed by atoms with van der Waals surface area (Å²) in [6.07, 6.45) is 3.24. The quantitative estimate of drug-likeness (QED) is 0.649. The van der Waals surface area contributed by atoms with Crippen LogP contribution < -0.4 is 4.90 Å². The van der Waals surface area contributed by atoms with E-state index < -0.39 is 0 Å². The molecule has 2 aliphatic rings. The van der Waals surface area contributed by atoms with E-state index in [9.17, 15) is 14.7 Å². The second-order valence-electron chi connectivity index (χ2n) is 8.36. The lowest BCUT2D eigenvalue weighted by Gasteiger charge is -2.36. The first-order valence-corrected chi connectivity index (χ1v) is 11.5. The van der Waals surface area contributed by atoms with Crippen molar-refractivity contribution in [3.05, 3.63) is 71.4 Å². The molecule has 0 radical (unpaired) electrons. The van der Waals surface area contributed by atoms with Gasteiger partial charge in [-0.3, -0.25) is 14.5 Å². The molecule has 1 N–H and O–H groups in total. The SMILES string of the molecule is CCCCc1ccc(N2C(=O)C(c3ccccc3)=C(N3CCN(CCO)CC3)C2=O)cc1. The number of carbonyl (C=O) groups excluding carboxylic acids is 2. The number of aliphatic hydroxyl groups excluding tert-OH is 1. The molecule has 2 amide bonds. The predicted octanol–water partition coefficient (Wildman–Crippen LogP) is 2.92. The third-order valence-electron chi connectivity index (χ3n) is 6.24. The van der Waals surface area contributed by atoms with Crippen LogP contribution >= 0.6 is 0 Å². The maximum Gasteiger partial charge on any atom is 0.282 e. The molecule has 168 valence electrons. The standard InChI is InChI=1S/C26H31N3O3/c1-2-3-7-20-10-12-22(13-11-20)29-25(31)23(21-8-5-4-6-9-21)24(26(29)32)28-16-14-27(15-17-28)18-19-30/h4-6,8-13,30H,2-3,7,14-19H2,1H3. The maximum absolute atomic E-state index is 13.6. The van der Waals surface area contributed by atoms with Crippen LogP contribution in [0.2, 0.25) is 0 Å². The number of carbonyl (C=O) groups is 2. The van der Waals surface area contributed by atoms with Crippen LogP contribution in [0, 0.1) is 0 Å². The van der Waals surface area contributed by atoms with Gasteiger partial charge in [0.25, 0.3) is 11.8 Å². The zero-order valence-corrected chi connectivity index (χ0v) is 18.7. The van der Waals surface area contributed by atoms with Crippen LogP contribution in [0.3, 0.4) is 0 Å². The Bertz CT molecular complexity index is 977. The molecule has 2 aromatic rings. The first-order valence-electron chi connectivity index (χ1n) is 11.5. The van der Waals surface area contributed by atoms with Gasteiger partial charge >= 0.3 is 0 Å². The average molecular weight is 434 g/mol. The van der Waals surface area contributed by atoms with Crippen molar-refractivity contribution < 1.29 is 14.7 Å². The highest BCUT2D eigenvalue weighted by atomic mass is 16.3. The molecule has 0 bridgehead atoms. The minimum Gasteiger partial charge on any atom is -0.395 e. The Morgan fingerprint density at radius 3 is 2.19 bits per heavy atom. The topological polar surface area (TPSA) is 64.1 Å². The van der Waals surface area contributed by atoms with Crippen molar-refractivity contribution in [2.24, 2.45) is 0 Å². The molecule has 1 saturated heterocycles. The van der Waals surface area contributed by atoms with Crippen LogP contribution in [0.1, 0.15) is 30.9 Å². The highest BCUT2D eigenvalue weighted by Gasteiger charge is 2.42. The molecule has 0 atom stereocenters. The minimum atomic E-state index is -0.268. The van der Waals surface area contributed by atoms with Crippen molar-refractivity contribution in [2.45, 2.75) is 26.2 Å². The molecule has 2 aromatic carbocycles. The van der Waals surface area contributed by atoms with E-state index in [1.54, 1.807) is 0 Å². The number of nitrogens with zero attached hydrogens (tertiary/aromatic N) is 3. The highest BCUT2D eigenvalue weighted by Crippen LogP contribution is 2.35. The fraction of sp³-hybridized carbons (Fsp3) is 0.385. The summed E-state index contributed by atoms with van der Waals surface area (Å²) in [4.78, 5) is 32.7. The van der Waals surface area contributed by atoms with Gasteiger partial charge in [-0.05, 0) is 36.1 Å². The van der Waals surface area contributed by atoms with Crippen molar-refractivity contribution >= 4 is 23.1 Å². The number of rotatable bonds is 8. The van der Waals surface area contributed by atoms with Crippen LogP contribution in [-0.2, 0) is 16.0 Å². The van der Waals surface area contributed by atoms with Gasteiger partial charge in [0.05, 0.1) is 17.9 Å². The lowest BCUT2D eigenvalue weighted by atomic mass is 10.0. The molecule has 1 fully saturated rings. The summed E-state index contributed by atoms with van der Waals surface area (Å²) in [5.74, 6) is -0.527. The van der Waals surface area contributed by atoms with Crippen molar-refractivity contribution in [1.29, 1.82) is 0 Å². The van der Waals surface area contributed by atoms with Crippen LogP contribution in [0.25, 0.3) is 5.57 Å². The number of piperazine rings is 1. The zero-order chi connectivity index (χ0) is 22.5. The second kappa shape index (κ2) is 10.1. The third-order valence-corrected chi connectivity index (χ3v) is 6.24. The van der Waals surface area contributed by atoms with Gasteiger partial charge in [0.1, 0.15) is 5.70 Å². The molecule has 0 aromatic heterocycles. The summed E-state index contributed by atoms with van der Waals surface area (Å²) in [5.41, 5.74) is 3.55. The molecule has 2 heterocycles. The molecule has 0 unspecified atom stereocenters. The van der Waals surface area contributed by atoms with E-state index in [1.807, 2.05) is 59.5 Å². The van der Waals surface area contributed by atoms with Gasteiger partial charge in [-0.2, -0.15) is 0 Å². The molecule has 4 rings (SSSR count). The first kappa shape index (κ1) is 22.2. The lowest BCUT2D eigenvalue weighted by molar-refractivity contribution is -0.120. The summed E-state index contributed by atoms with van der Waals surface area (Å²) < 4.78 is 0. The number of benzene rings is 2. The van der Waals surface area contributed by atoms with Crippen LogP contribution in [-0.4, -0.2) is 66.1 Å². The number of unbranched alkanes of at least 4 members (excludes halogenated alkanes) is 1. The van der Waals surface area contributed by atoms with E-state index in [4.69, 9.17) is 0 Å². The van der Waals surface area contributed by atoms with Gasteiger partial charge in [0, 0.05) is 32.7 Å². The monoisotopic (exact) mass is 433 g/mol. The average Bonchev–Trinajstić information content (AvgIpc) is 3.09. The number of hydrogen-bond acceptors (Lipinski definition) is 5. The molecule has 2 aliphatic heterocycles. The van der Waals surface area contributed by atoms with Crippen molar-refractivity contribution in [2.75, 3.05) is 44.2 Å². The second-order valence-corrected chi connectivity index (χ2v) is 8.36. The zero-order valence-electron chi connectivity index (χ0n) is 18.7. The fourth-order valence-corrected chi connectivity index (χ4v) is 4.44. The Morgan fingerprint density at radius 2 is 1.56 bits per heavy atom. The Kier molecular flexibility index (Phi) is 7.02. The molecule has 6 heteroatoms. The van der Waals surface area contributed by atoms with Crippen LogP contribution in [0.4, 0.5) is 5.69 Å². The van der Waals surface area contributed by atoms with Crippen molar-refractivity contribution in [3.63, 3.8) is 0 Å². The van der Waals surface area contributed by atoms with E-state index in [1.165, 1.54) is 10.5 Å². The normalized spacial score (nSPS) is 17.6. The Balaban J connectivity index is 1.65. The number of β-amino-alcohol motifs (C(OH)–C–C–N with tert-alkyl or cyclic N) is 1. The van der Waals surface area contributed by atoms with Gasteiger partial charge in [-0.1, -0.05) is 55.8 Å². The molecule has 6 nitrogen and oxygen atoms in total. The first-order chi connectivity index (χ1) is 15.6. The minimum absolute atomic E-state index is 0.122. The van der Waals surface area contributed by atoms with Gasteiger partial charge in [0.2, 0.25) is 0 Å².